The summed E-state index contributed by atoms with van der Waals surface area (Å²) in [6, 6.07) is 5.46. The molecule has 11 heteroatoms. The van der Waals surface area contributed by atoms with E-state index < -0.39 is 5.91 Å². The zero-order valence-electron chi connectivity index (χ0n) is 11.7. The molecule has 2 aromatic rings. The minimum absolute atomic E-state index is 0.0420. The van der Waals surface area contributed by atoms with E-state index in [0.29, 0.717) is 5.69 Å². The highest BCUT2D eigenvalue weighted by atomic mass is 35.5. The molecule has 0 unspecified atom stereocenters. The lowest BCUT2D eigenvalue weighted by molar-refractivity contribution is 0.0939. The van der Waals surface area contributed by atoms with Crippen molar-refractivity contribution in [3.05, 3.63) is 51.0 Å². The second kappa shape index (κ2) is 7.80. The van der Waals surface area contributed by atoms with Crippen LogP contribution in [0, 0.1) is 5.82 Å². The van der Waals surface area contributed by atoms with E-state index in [-0.39, 0.29) is 37.5 Å². The highest BCUT2D eigenvalue weighted by Gasteiger charge is 2.19. The van der Waals surface area contributed by atoms with Gasteiger partial charge in [-0.3, -0.25) is 15.6 Å². The average molecular weight is 409 g/mol. The number of nitrogens with two attached hydrogens (primary N) is 1. The molecule has 0 bridgehead atoms. The third kappa shape index (κ3) is 4.35. The Morgan fingerprint density at radius 3 is 2.38 bits per heavy atom. The first-order chi connectivity index (χ1) is 11.3. The van der Waals surface area contributed by atoms with Crippen molar-refractivity contribution in [3.63, 3.8) is 0 Å². The van der Waals surface area contributed by atoms with Crippen molar-refractivity contribution in [2.75, 3.05) is 11.1 Å². The Morgan fingerprint density at radius 2 is 1.75 bits per heavy atom. The number of nitrogens with one attached hydrogen (secondary N) is 3. The molecule has 5 N–H and O–H groups in total. The first kappa shape index (κ1) is 18.5. The van der Waals surface area contributed by atoms with Gasteiger partial charge < -0.3 is 11.1 Å². The number of halogens is 4. The molecule has 0 aliphatic rings. The molecule has 0 atom stereocenters. The molecule has 6 nitrogen and oxygen atoms in total. The Morgan fingerprint density at radius 1 is 1.12 bits per heavy atom. The molecule has 0 fully saturated rings. The Balaban J connectivity index is 2.00. The quantitative estimate of drug-likeness (QED) is 0.346. The molecular formula is C13H9Cl3FN5OS. The number of aromatic nitrogens is 1. The Hall–Kier alpha value is -1.87. The molecule has 0 aliphatic carbocycles. The number of benzene rings is 1. The number of nitrogens with zero attached hydrogens (tertiary/aromatic N) is 1. The number of thiocarbonyl (C=S) groups is 1. The van der Waals surface area contributed by atoms with Crippen molar-refractivity contribution in [1.29, 1.82) is 0 Å². The molecule has 1 heterocycles. The molecule has 0 spiro atoms. The number of pyridine rings is 1. The summed E-state index contributed by atoms with van der Waals surface area (Å²) in [4.78, 5) is 15.8. The van der Waals surface area contributed by atoms with Crippen molar-refractivity contribution in [1.82, 2.24) is 15.8 Å². The van der Waals surface area contributed by atoms with Gasteiger partial charge in [-0.25, -0.2) is 9.37 Å². The van der Waals surface area contributed by atoms with Crippen LogP contribution in [0.1, 0.15) is 10.5 Å². The summed E-state index contributed by atoms with van der Waals surface area (Å²) in [7, 11) is 0. The van der Waals surface area contributed by atoms with Gasteiger partial charge >= 0.3 is 0 Å². The van der Waals surface area contributed by atoms with Crippen molar-refractivity contribution in [2.24, 2.45) is 0 Å². The van der Waals surface area contributed by atoms with E-state index in [1.807, 2.05) is 0 Å². The summed E-state index contributed by atoms with van der Waals surface area (Å²) in [6.07, 6.45) is 0. The summed E-state index contributed by atoms with van der Waals surface area (Å²) < 4.78 is 12.8. The monoisotopic (exact) mass is 407 g/mol. The summed E-state index contributed by atoms with van der Waals surface area (Å²) in [5.74, 6) is -1.11. The number of hydrogen-bond acceptors (Lipinski definition) is 4. The Labute approximate surface area is 156 Å². The molecule has 1 aromatic heterocycles. The largest absolute Gasteiger partial charge is 0.396 e. The fourth-order valence-corrected chi connectivity index (χ4v) is 2.31. The standard InChI is InChI=1S/C13H9Cl3FN5OS/c14-7-9(18)8(15)11(16)20-10(7)12(23)21-22-13(24)19-6-3-1-5(17)2-4-6/h1-4H,(H2,18,20)(H,21,23)(H2,19,22,24). The zero-order valence-corrected chi connectivity index (χ0v) is 14.7. The summed E-state index contributed by atoms with van der Waals surface area (Å²) >= 11 is 22.5. The van der Waals surface area contributed by atoms with Gasteiger partial charge in [-0.2, -0.15) is 0 Å². The molecular weight excluding hydrogens is 400 g/mol. The fraction of sp³-hybridized carbons (Fsp3) is 0. The van der Waals surface area contributed by atoms with Gasteiger partial charge in [-0.1, -0.05) is 34.8 Å². The highest BCUT2D eigenvalue weighted by Crippen LogP contribution is 2.34. The van der Waals surface area contributed by atoms with Gasteiger partial charge in [0, 0.05) is 5.69 Å². The van der Waals surface area contributed by atoms with Crippen LogP contribution < -0.4 is 21.9 Å². The van der Waals surface area contributed by atoms with Crippen LogP contribution in [0.5, 0.6) is 0 Å². The third-order valence-corrected chi connectivity index (χ3v) is 4.02. The second-order valence-corrected chi connectivity index (χ2v) is 5.86. The van der Waals surface area contributed by atoms with Crippen molar-refractivity contribution in [3.8, 4) is 0 Å². The maximum Gasteiger partial charge on any atom is 0.289 e. The molecule has 0 aliphatic heterocycles. The van der Waals surface area contributed by atoms with E-state index in [1.165, 1.54) is 24.3 Å². The van der Waals surface area contributed by atoms with Gasteiger partial charge in [0.2, 0.25) is 0 Å². The van der Waals surface area contributed by atoms with E-state index in [0.717, 1.165) is 0 Å². The lowest BCUT2D eigenvalue weighted by Crippen LogP contribution is -2.44. The van der Waals surface area contributed by atoms with Gasteiger partial charge in [0.1, 0.15) is 10.8 Å². The first-order valence-electron chi connectivity index (χ1n) is 6.22. The zero-order chi connectivity index (χ0) is 17.9. The minimum atomic E-state index is -0.728. The van der Waals surface area contributed by atoms with Crippen LogP contribution >= 0.6 is 47.0 Å². The Bertz CT molecular complexity index is 803. The van der Waals surface area contributed by atoms with Gasteiger partial charge in [-0.05, 0) is 36.5 Å². The summed E-state index contributed by atoms with van der Waals surface area (Å²) in [5.41, 5.74) is 10.6. The predicted molar refractivity (Wildman–Crippen MR) is 96.9 cm³/mol. The molecule has 0 radical (unpaired) electrons. The maximum absolute atomic E-state index is 12.8. The molecule has 0 saturated carbocycles. The third-order valence-electron chi connectivity index (χ3n) is 2.68. The minimum Gasteiger partial charge on any atom is -0.396 e. The van der Waals surface area contributed by atoms with Gasteiger partial charge in [0.05, 0.1) is 10.7 Å². The van der Waals surface area contributed by atoms with E-state index in [4.69, 9.17) is 52.8 Å². The normalized spacial score (nSPS) is 10.2. The van der Waals surface area contributed by atoms with E-state index >= 15 is 0 Å². The van der Waals surface area contributed by atoms with E-state index in [9.17, 15) is 9.18 Å². The molecule has 24 heavy (non-hydrogen) atoms. The maximum atomic E-state index is 12.8. The number of anilines is 2. The van der Waals surface area contributed by atoms with Crippen molar-refractivity contribution >= 4 is 69.4 Å². The molecule has 2 rings (SSSR count). The number of hydrogen-bond donors (Lipinski definition) is 4. The van der Waals surface area contributed by atoms with Crippen LogP contribution in [0.15, 0.2) is 24.3 Å². The molecule has 1 amide bonds. The number of amides is 1. The number of carbonyl (C=O) groups is 1. The SMILES string of the molecule is Nc1c(Cl)c(Cl)nc(C(=O)NNC(=S)Nc2ccc(F)cc2)c1Cl. The molecule has 126 valence electrons. The van der Waals surface area contributed by atoms with Crippen LogP contribution in [0.4, 0.5) is 15.8 Å². The average Bonchev–Trinajstić information content (AvgIpc) is 2.56. The lowest BCUT2D eigenvalue weighted by Gasteiger charge is -2.13. The van der Waals surface area contributed by atoms with Crippen LogP contribution in [0.3, 0.4) is 0 Å². The second-order valence-electron chi connectivity index (χ2n) is 4.33. The van der Waals surface area contributed by atoms with Gasteiger partial charge in [0.15, 0.2) is 16.0 Å². The number of rotatable bonds is 2. The topological polar surface area (TPSA) is 92.1 Å². The van der Waals surface area contributed by atoms with Crippen LogP contribution in [0.25, 0.3) is 0 Å². The number of carbonyl (C=O) groups excluding carboxylic acids is 1. The molecule has 0 saturated heterocycles. The van der Waals surface area contributed by atoms with Gasteiger partial charge in [-0.15, -0.1) is 0 Å². The van der Waals surface area contributed by atoms with Crippen LogP contribution in [-0.2, 0) is 0 Å². The predicted octanol–water partition coefficient (Wildman–Crippen LogP) is 3.39. The summed E-state index contributed by atoms with van der Waals surface area (Å²) in [5, 5.41) is 2.45. The number of hydrazine groups is 1. The fourth-order valence-electron chi connectivity index (χ4n) is 1.55. The van der Waals surface area contributed by atoms with E-state index in [1.54, 1.807) is 0 Å². The summed E-state index contributed by atoms with van der Waals surface area (Å²) in [6.45, 7) is 0. The molecule has 1 aromatic carbocycles. The lowest BCUT2D eigenvalue weighted by atomic mass is 10.3. The number of nitrogen functional groups attached to an aromatic ring is 1. The first-order valence-corrected chi connectivity index (χ1v) is 7.76. The van der Waals surface area contributed by atoms with Gasteiger partial charge in [0.25, 0.3) is 5.91 Å². The van der Waals surface area contributed by atoms with E-state index in [2.05, 4.69) is 21.2 Å². The van der Waals surface area contributed by atoms with Crippen LogP contribution in [-0.4, -0.2) is 16.0 Å². The van der Waals surface area contributed by atoms with Crippen molar-refractivity contribution < 1.29 is 9.18 Å². The van der Waals surface area contributed by atoms with Crippen LogP contribution in [0.2, 0.25) is 15.2 Å². The van der Waals surface area contributed by atoms with Crippen molar-refractivity contribution in [2.45, 2.75) is 0 Å². The highest BCUT2D eigenvalue weighted by molar-refractivity contribution is 7.80. The Kier molecular flexibility index (Phi) is 6.00. The smallest absolute Gasteiger partial charge is 0.289 e.